The highest BCUT2D eigenvalue weighted by atomic mass is 35.5. The van der Waals surface area contributed by atoms with Gasteiger partial charge in [-0.05, 0) is 54.5 Å². The number of nitrogens with two attached hydrogens (primary N) is 1. The SMILES string of the molecule is COc1ccc(C(=O)NC(C(=O)N2CC3CCC(N)C3C2)c2ccccc2)cc1.Cl. The number of amides is 2. The lowest BCUT2D eigenvalue weighted by molar-refractivity contribution is -0.132. The Kier molecular flexibility index (Phi) is 7.00. The number of carbonyl (C=O) groups is 2. The van der Waals surface area contributed by atoms with Crippen LogP contribution < -0.4 is 15.8 Å². The third kappa shape index (κ3) is 4.45. The number of hydrogen-bond acceptors (Lipinski definition) is 4. The minimum Gasteiger partial charge on any atom is -0.497 e. The second kappa shape index (κ2) is 9.49. The van der Waals surface area contributed by atoms with Gasteiger partial charge in [0, 0.05) is 24.7 Å². The highest BCUT2D eigenvalue weighted by Gasteiger charge is 2.44. The van der Waals surface area contributed by atoms with Crippen molar-refractivity contribution < 1.29 is 14.3 Å². The molecule has 2 aliphatic rings. The lowest BCUT2D eigenvalue weighted by Crippen LogP contribution is -2.43. The fourth-order valence-electron chi connectivity index (χ4n) is 4.56. The Morgan fingerprint density at radius 3 is 2.40 bits per heavy atom. The molecular formula is C23H28ClN3O3. The molecule has 0 aromatic heterocycles. The van der Waals surface area contributed by atoms with Crippen molar-refractivity contribution in [3.8, 4) is 5.75 Å². The first-order chi connectivity index (χ1) is 14.1. The van der Waals surface area contributed by atoms with Crippen LogP contribution in [-0.2, 0) is 4.79 Å². The Morgan fingerprint density at radius 2 is 1.77 bits per heavy atom. The van der Waals surface area contributed by atoms with E-state index in [1.54, 1.807) is 31.4 Å². The van der Waals surface area contributed by atoms with Gasteiger partial charge in [0.1, 0.15) is 11.8 Å². The van der Waals surface area contributed by atoms with E-state index in [9.17, 15) is 9.59 Å². The van der Waals surface area contributed by atoms with E-state index >= 15 is 0 Å². The first-order valence-electron chi connectivity index (χ1n) is 10.1. The fourth-order valence-corrected chi connectivity index (χ4v) is 4.56. The number of ether oxygens (including phenoxy) is 1. The highest BCUT2D eigenvalue weighted by Crippen LogP contribution is 2.38. The number of likely N-dealkylation sites (tertiary alicyclic amines) is 1. The van der Waals surface area contributed by atoms with Crippen molar-refractivity contribution in [1.29, 1.82) is 0 Å². The summed E-state index contributed by atoms with van der Waals surface area (Å²) in [6.45, 7) is 1.39. The third-order valence-corrected chi connectivity index (χ3v) is 6.23. The highest BCUT2D eigenvalue weighted by molar-refractivity contribution is 5.98. The molecule has 0 radical (unpaired) electrons. The molecule has 0 bridgehead atoms. The van der Waals surface area contributed by atoms with Gasteiger partial charge in [0.15, 0.2) is 0 Å². The Morgan fingerprint density at radius 1 is 1.07 bits per heavy atom. The molecule has 6 nitrogen and oxygen atoms in total. The first kappa shape index (κ1) is 22.1. The Bertz CT molecular complexity index is 875. The van der Waals surface area contributed by atoms with Gasteiger partial charge in [0.2, 0.25) is 5.91 Å². The lowest BCUT2D eigenvalue weighted by atomic mass is 9.98. The number of methoxy groups -OCH3 is 1. The normalized spacial score (nSPS) is 23.3. The quantitative estimate of drug-likeness (QED) is 0.765. The number of halogens is 1. The minimum atomic E-state index is -0.721. The van der Waals surface area contributed by atoms with Crippen molar-refractivity contribution >= 4 is 24.2 Å². The number of nitrogens with one attached hydrogen (secondary N) is 1. The summed E-state index contributed by atoms with van der Waals surface area (Å²) >= 11 is 0. The topological polar surface area (TPSA) is 84.7 Å². The molecule has 7 heteroatoms. The van der Waals surface area contributed by atoms with Crippen molar-refractivity contribution in [2.24, 2.45) is 17.6 Å². The van der Waals surface area contributed by atoms with Crippen molar-refractivity contribution in [1.82, 2.24) is 10.2 Å². The maximum atomic E-state index is 13.4. The molecule has 1 saturated carbocycles. The second-order valence-corrected chi connectivity index (χ2v) is 7.95. The van der Waals surface area contributed by atoms with Crippen molar-refractivity contribution in [2.45, 2.75) is 24.9 Å². The molecular weight excluding hydrogens is 402 g/mol. The second-order valence-electron chi connectivity index (χ2n) is 7.95. The number of fused-ring (bicyclic) bond motifs is 1. The van der Waals surface area contributed by atoms with Crippen LogP contribution in [0.15, 0.2) is 54.6 Å². The van der Waals surface area contributed by atoms with Gasteiger partial charge < -0.3 is 20.7 Å². The van der Waals surface area contributed by atoms with Crippen LogP contribution in [0.25, 0.3) is 0 Å². The summed E-state index contributed by atoms with van der Waals surface area (Å²) in [5.74, 6) is 1.16. The van der Waals surface area contributed by atoms with Gasteiger partial charge in [0.25, 0.3) is 5.91 Å². The van der Waals surface area contributed by atoms with Gasteiger partial charge in [-0.3, -0.25) is 9.59 Å². The summed E-state index contributed by atoms with van der Waals surface area (Å²) in [7, 11) is 1.58. The number of rotatable bonds is 5. The van der Waals surface area contributed by atoms with E-state index in [2.05, 4.69) is 5.32 Å². The maximum Gasteiger partial charge on any atom is 0.252 e. The predicted molar refractivity (Wildman–Crippen MR) is 118 cm³/mol. The van der Waals surface area contributed by atoms with Gasteiger partial charge in [-0.25, -0.2) is 0 Å². The molecule has 160 valence electrons. The molecule has 30 heavy (non-hydrogen) atoms. The molecule has 4 rings (SSSR count). The lowest BCUT2D eigenvalue weighted by Gasteiger charge is -2.26. The standard InChI is InChI=1S/C23H27N3O3.ClH/c1-29-18-10-7-16(8-11-18)22(27)25-21(15-5-3-2-4-6-15)23(28)26-13-17-9-12-20(24)19(17)14-26;/h2-8,10-11,17,19-21H,9,12-14,24H2,1H3,(H,25,27);1H. The summed E-state index contributed by atoms with van der Waals surface area (Å²) in [6.07, 6.45) is 2.11. The van der Waals surface area contributed by atoms with Crippen molar-refractivity contribution in [2.75, 3.05) is 20.2 Å². The molecule has 3 N–H and O–H groups in total. The molecule has 2 amide bonds. The van der Waals surface area contributed by atoms with Gasteiger partial charge in [0.05, 0.1) is 7.11 Å². The summed E-state index contributed by atoms with van der Waals surface area (Å²) in [4.78, 5) is 28.1. The minimum absolute atomic E-state index is 0. The number of carbonyl (C=O) groups excluding carboxylic acids is 2. The zero-order valence-electron chi connectivity index (χ0n) is 17.0. The largest absolute Gasteiger partial charge is 0.497 e. The van der Waals surface area contributed by atoms with Gasteiger partial charge in [-0.15, -0.1) is 12.4 Å². The van der Waals surface area contributed by atoms with E-state index in [-0.39, 0.29) is 30.3 Å². The molecule has 1 aliphatic carbocycles. The number of benzene rings is 2. The molecule has 2 fully saturated rings. The number of nitrogens with zero attached hydrogens (tertiary/aromatic N) is 1. The first-order valence-corrected chi connectivity index (χ1v) is 10.1. The zero-order chi connectivity index (χ0) is 20.4. The van der Waals surface area contributed by atoms with Crippen LogP contribution in [0.3, 0.4) is 0 Å². The van der Waals surface area contributed by atoms with Crippen LogP contribution in [-0.4, -0.2) is 43.0 Å². The van der Waals surface area contributed by atoms with Crippen LogP contribution in [0.1, 0.15) is 34.8 Å². The Balaban J connectivity index is 0.00000256. The van der Waals surface area contributed by atoms with Gasteiger partial charge in [-0.1, -0.05) is 30.3 Å². The molecule has 4 atom stereocenters. The summed E-state index contributed by atoms with van der Waals surface area (Å²) in [5.41, 5.74) is 7.50. The monoisotopic (exact) mass is 429 g/mol. The van der Waals surface area contributed by atoms with E-state index in [4.69, 9.17) is 10.5 Å². The molecule has 1 aliphatic heterocycles. The molecule has 0 spiro atoms. The fraction of sp³-hybridized carbons (Fsp3) is 0.391. The molecule has 4 unspecified atom stereocenters. The van der Waals surface area contributed by atoms with Crippen LogP contribution in [0.4, 0.5) is 0 Å². The smallest absolute Gasteiger partial charge is 0.252 e. The number of hydrogen-bond donors (Lipinski definition) is 2. The van der Waals surface area contributed by atoms with Gasteiger partial charge in [-0.2, -0.15) is 0 Å². The zero-order valence-corrected chi connectivity index (χ0v) is 17.8. The van der Waals surface area contributed by atoms with Crippen LogP contribution in [0.5, 0.6) is 5.75 Å². The van der Waals surface area contributed by atoms with E-state index in [0.717, 1.165) is 24.9 Å². The Hall–Kier alpha value is -2.57. The van der Waals surface area contributed by atoms with E-state index in [0.29, 0.717) is 29.7 Å². The molecule has 2 aromatic rings. The van der Waals surface area contributed by atoms with E-state index < -0.39 is 6.04 Å². The van der Waals surface area contributed by atoms with E-state index in [1.807, 2.05) is 35.2 Å². The summed E-state index contributed by atoms with van der Waals surface area (Å²) < 4.78 is 5.15. The van der Waals surface area contributed by atoms with Crippen molar-refractivity contribution in [3.05, 3.63) is 65.7 Å². The molecule has 1 saturated heterocycles. The average molecular weight is 430 g/mol. The maximum absolute atomic E-state index is 13.4. The van der Waals surface area contributed by atoms with Crippen LogP contribution in [0, 0.1) is 11.8 Å². The third-order valence-electron chi connectivity index (χ3n) is 6.23. The molecule has 2 aromatic carbocycles. The Labute approximate surface area is 183 Å². The average Bonchev–Trinajstić information content (AvgIpc) is 3.34. The predicted octanol–water partition coefficient (Wildman–Crippen LogP) is 2.78. The van der Waals surface area contributed by atoms with Gasteiger partial charge >= 0.3 is 0 Å². The van der Waals surface area contributed by atoms with Crippen LogP contribution >= 0.6 is 12.4 Å². The van der Waals surface area contributed by atoms with Crippen molar-refractivity contribution in [3.63, 3.8) is 0 Å². The van der Waals surface area contributed by atoms with E-state index in [1.165, 1.54) is 0 Å². The summed E-state index contributed by atoms with van der Waals surface area (Å²) in [6, 6.07) is 15.7. The summed E-state index contributed by atoms with van der Waals surface area (Å²) in [5, 5.41) is 2.94. The molecule has 1 heterocycles. The van der Waals surface area contributed by atoms with Crippen LogP contribution in [0.2, 0.25) is 0 Å².